The van der Waals surface area contributed by atoms with E-state index in [1.54, 1.807) is 41.7 Å². The van der Waals surface area contributed by atoms with Gasteiger partial charge in [-0.15, -0.1) is 0 Å². The van der Waals surface area contributed by atoms with E-state index in [4.69, 9.17) is 4.74 Å². The Bertz CT molecular complexity index is 834. The number of hydrogen-bond donors (Lipinski definition) is 1. The number of morpholine rings is 1. The van der Waals surface area contributed by atoms with Crippen LogP contribution in [-0.4, -0.2) is 55.9 Å². The molecule has 0 saturated carbocycles. The Hall–Kier alpha value is -2.87. The standard InChI is InChI=1S/C15H14N6O2/c22-15(10-1-2-11-12(7-10)19-20-18-11)21-5-6-23-14(9-21)13-8-16-3-4-17-13/h1-4,7-8,14H,5-6,9H2,(H,18,19,20)/t14-/m0/s1. The second-order valence-electron chi connectivity index (χ2n) is 5.27. The number of nitrogens with zero attached hydrogens (tertiary/aromatic N) is 5. The topological polar surface area (TPSA) is 96.9 Å². The lowest BCUT2D eigenvalue weighted by Gasteiger charge is -2.32. The van der Waals surface area contributed by atoms with Crippen LogP contribution in [0.1, 0.15) is 22.2 Å². The number of benzene rings is 1. The summed E-state index contributed by atoms with van der Waals surface area (Å²) >= 11 is 0. The molecular formula is C15H14N6O2. The summed E-state index contributed by atoms with van der Waals surface area (Å²) in [6, 6.07) is 5.29. The molecule has 1 fully saturated rings. The van der Waals surface area contributed by atoms with Gasteiger partial charge in [0.2, 0.25) is 0 Å². The van der Waals surface area contributed by atoms with Gasteiger partial charge in [-0.05, 0) is 18.2 Å². The van der Waals surface area contributed by atoms with Crippen LogP contribution in [-0.2, 0) is 4.74 Å². The lowest BCUT2D eigenvalue weighted by Crippen LogP contribution is -2.42. The van der Waals surface area contributed by atoms with Gasteiger partial charge in [-0.1, -0.05) is 0 Å². The molecule has 0 aliphatic carbocycles. The molecule has 2 aromatic heterocycles. The fourth-order valence-corrected chi connectivity index (χ4v) is 2.65. The maximum atomic E-state index is 12.7. The number of rotatable bonds is 2. The molecule has 1 N–H and O–H groups in total. The summed E-state index contributed by atoms with van der Waals surface area (Å²) in [5.74, 6) is -0.0490. The third-order valence-electron chi connectivity index (χ3n) is 3.83. The van der Waals surface area contributed by atoms with Gasteiger partial charge in [-0.3, -0.25) is 14.8 Å². The van der Waals surface area contributed by atoms with E-state index in [1.165, 1.54) is 0 Å². The van der Waals surface area contributed by atoms with Crippen molar-refractivity contribution in [2.24, 2.45) is 0 Å². The summed E-state index contributed by atoms with van der Waals surface area (Å²) in [6.45, 7) is 1.47. The summed E-state index contributed by atoms with van der Waals surface area (Å²) in [6.07, 6.45) is 4.65. The summed E-state index contributed by atoms with van der Waals surface area (Å²) in [7, 11) is 0. The molecule has 8 heteroatoms. The zero-order valence-electron chi connectivity index (χ0n) is 12.2. The van der Waals surface area contributed by atoms with Gasteiger partial charge < -0.3 is 9.64 Å². The molecule has 8 nitrogen and oxygen atoms in total. The smallest absolute Gasteiger partial charge is 0.254 e. The second kappa shape index (κ2) is 5.73. The molecule has 0 spiro atoms. The molecule has 1 aliphatic rings. The molecule has 0 bridgehead atoms. The molecule has 1 aliphatic heterocycles. The van der Waals surface area contributed by atoms with Crippen LogP contribution in [0.5, 0.6) is 0 Å². The van der Waals surface area contributed by atoms with E-state index in [9.17, 15) is 4.79 Å². The van der Waals surface area contributed by atoms with Gasteiger partial charge in [0.25, 0.3) is 5.91 Å². The van der Waals surface area contributed by atoms with Crippen molar-refractivity contribution in [2.45, 2.75) is 6.10 Å². The number of carbonyl (C=O) groups is 1. The molecule has 1 aromatic carbocycles. The summed E-state index contributed by atoms with van der Waals surface area (Å²) in [5, 5.41) is 10.6. The van der Waals surface area contributed by atoms with Crippen LogP contribution in [0.15, 0.2) is 36.8 Å². The number of hydrogen-bond acceptors (Lipinski definition) is 6. The minimum absolute atomic E-state index is 0.0490. The number of nitrogens with one attached hydrogen (secondary N) is 1. The summed E-state index contributed by atoms with van der Waals surface area (Å²) in [5.41, 5.74) is 2.73. The highest BCUT2D eigenvalue weighted by Gasteiger charge is 2.27. The fourth-order valence-electron chi connectivity index (χ4n) is 2.65. The van der Waals surface area contributed by atoms with Crippen molar-refractivity contribution in [1.82, 2.24) is 30.3 Å². The number of ether oxygens (including phenoxy) is 1. The highest BCUT2D eigenvalue weighted by molar-refractivity contribution is 5.97. The van der Waals surface area contributed by atoms with Crippen molar-refractivity contribution in [3.63, 3.8) is 0 Å². The molecule has 0 radical (unpaired) electrons. The molecular weight excluding hydrogens is 296 g/mol. The number of aromatic nitrogens is 5. The molecule has 116 valence electrons. The zero-order chi connectivity index (χ0) is 15.6. The van der Waals surface area contributed by atoms with E-state index >= 15 is 0 Å². The van der Waals surface area contributed by atoms with Crippen molar-refractivity contribution in [1.29, 1.82) is 0 Å². The third kappa shape index (κ3) is 2.64. The van der Waals surface area contributed by atoms with Crippen LogP contribution in [0.2, 0.25) is 0 Å². The number of aromatic amines is 1. The molecule has 3 heterocycles. The molecule has 1 atom stereocenters. The van der Waals surface area contributed by atoms with E-state index in [0.717, 1.165) is 11.2 Å². The van der Waals surface area contributed by atoms with Crippen molar-refractivity contribution >= 4 is 16.9 Å². The van der Waals surface area contributed by atoms with Gasteiger partial charge in [-0.2, -0.15) is 15.4 Å². The Balaban J connectivity index is 1.55. The van der Waals surface area contributed by atoms with E-state index < -0.39 is 0 Å². The minimum Gasteiger partial charge on any atom is -0.368 e. The average Bonchev–Trinajstić information content (AvgIpc) is 3.09. The molecule has 0 unspecified atom stereocenters. The number of carbonyl (C=O) groups excluding carboxylic acids is 1. The van der Waals surface area contributed by atoms with Crippen LogP contribution >= 0.6 is 0 Å². The van der Waals surface area contributed by atoms with Gasteiger partial charge in [0.05, 0.1) is 25.0 Å². The second-order valence-corrected chi connectivity index (χ2v) is 5.27. The van der Waals surface area contributed by atoms with E-state index in [0.29, 0.717) is 30.8 Å². The molecule has 1 saturated heterocycles. The first-order valence-electron chi connectivity index (χ1n) is 7.28. The fraction of sp³-hybridized carbons (Fsp3) is 0.267. The van der Waals surface area contributed by atoms with E-state index in [1.807, 2.05) is 0 Å². The van der Waals surface area contributed by atoms with Crippen molar-refractivity contribution in [3.05, 3.63) is 48.0 Å². The lowest BCUT2D eigenvalue weighted by molar-refractivity contribution is -0.0248. The van der Waals surface area contributed by atoms with Crippen LogP contribution < -0.4 is 0 Å². The molecule has 23 heavy (non-hydrogen) atoms. The zero-order valence-corrected chi connectivity index (χ0v) is 12.2. The van der Waals surface area contributed by atoms with Gasteiger partial charge >= 0.3 is 0 Å². The Labute approximate surface area is 131 Å². The molecule has 3 aromatic rings. The number of fused-ring (bicyclic) bond motifs is 1. The normalized spacial score (nSPS) is 18.3. The largest absolute Gasteiger partial charge is 0.368 e. The van der Waals surface area contributed by atoms with Gasteiger partial charge in [0, 0.05) is 24.5 Å². The Kier molecular flexibility index (Phi) is 3.43. The molecule has 4 rings (SSSR count). The van der Waals surface area contributed by atoms with E-state index in [-0.39, 0.29) is 12.0 Å². The Morgan fingerprint density at radius 2 is 2.17 bits per heavy atom. The number of H-pyrrole nitrogens is 1. The van der Waals surface area contributed by atoms with Gasteiger partial charge in [-0.25, -0.2) is 0 Å². The van der Waals surface area contributed by atoms with Gasteiger partial charge in [0.1, 0.15) is 17.1 Å². The first-order valence-corrected chi connectivity index (χ1v) is 7.28. The van der Waals surface area contributed by atoms with Crippen molar-refractivity contribution in [3.8, 4) is 0 Å². The lowest BCUT2D eigenvalue weighted by atomic mass is 10.1. The summed E-state index contributed by atoms with van der Waals surface area (Å²) < 4.78 is 5.71. The van der Waals surface area contributed by atoms with Crippen LogP contribution in [0.4, 0.5) is 0 Å². The first kappa shape index (κ1) is 13.8. The monoisotopic (exact) mass is 310 g/mol. The highest BCUT2D eigenvalue weighted by atomic mass is 16.5. The maximum absolute atomic E-state index is 12.7. The van der Waals surface area contributed by atoms with Crippen molar-refractivity contribution in [2.75, 3.05) is 19.7 Å². The maximum Gasteiger partial charge on any atom is 0.254 e. The highest BCUT2D eigenvalue weighted by Crippen LogP contribution is 2.21. The Morgan fingerprint density at radius 1 is 1.26 bits per heavy atom. The molecule has 1 amide bonds. The van der Waals surface area contributed by atoms with Crippen molar-refractivity contribution < 1.29 is 9.53 Å². The average molecular weight is 310 g/mol. The number of amides is 1. The predicted octanol–water partition coefficient (Wildman–Crippen LogP) is 0.962. The van der Waals surface area contributed by atoms with Crippen LogP contribution in [0.25, 0.3) is 11.0 Å². The van der Waals surface area contributed by atoms with Crippen LogP contribution in [0.3, 0.4) is 0 Å². The van der Waals surface area contributed by atoms with E-state index in [2.05, 4.69) is 25.4 Å². The Morgan fingerprint density at radius 3 is 3.04 bits per heavy atom. The summed E-state index contributed by atoms with van der Waals surface area (Å²) in [4.78, 5) is 22.8. The van der Waals surface area contributed by atoms with Crippen LogP contribution in [0, 0.1) is 0 Å². The minimum atomic E-state index is -0.253. The first-order chi connectivity index (χ1) is 11.3. The quantitative estimate of drug-likeness (QED) is 0.757. The van der Waals surface area contributed by atoms with Gasteiger partial charge in [0.15, 0.2) is 0 Å². The predicted molar refractivity (Wildman–Crippen MR) is 80.5 cm³/mol. The third-order valence-corrected chi connectivity index (χ3v) is 3.83. The SMILES string of the molecule is O=C(c1ccc2n[nH]nc2c1)N1CCO[C@H](c2cnccn2)C1.